The second kappa shape index (κ2) is 3.58. The van der Waals surface area contributed by atoms with Gasteiger partial charge in [0.15, 0.2) is 11.1 Å². The molecule has 2 unspecified atom stereocenters. The van der Waals surface area contributed by atoms with Crippen molar-refractivity contribution in [1.29, 1.82) is 0 Å². The van der Waals surface area contributed by atoms with E-state index < -0.39 is 22.2 Å². The molecule has 54 valence electrons. The lowest BCUT2D eigenvalue weighted by atomic mass is 10.3. The van der Waals surface area contributed by atoms with E-state index in [2.05, 4.69) is 0 Å². The van der Waals surface area contributed by atoms with E-state index in [1.54, 1.807) is 0 Å². The normalized spacial score (nSPS) is 16.7. The molecule has 1 amide bonds. The largest absolute Gasteiger partial charge is 0.370 e. The van der Waals surface area contributed by atoms with E-state index in [0.717, 1.165) is 0 Å². The van der Waals surface area contributed by atoms with Crippen LogP contribution >= 0.6 is 0 Å². The maximum Gasteiger partial charge on any atom is 0.218 e. The fraction of sp³-hybridized carbons (Fsp3) is 0.750. The molecule has 2 atom stereocenters. The van der Waals surface area contributed by atoms with Crippen molar-refractivity contribution >= 4 is 17.0 Å². The lowest BCUT2D eigenvalue weighted by Gasteiger charge is -2.00. The van der Waals surface area contributed by atoms with Gasteiger partial charge in [-0.05, 0) is 6.92 Å². The predicted octanol–water partition coefficient (Wildman–Crippen LogP) is -0.528. The molecule has 0 radical (unpaired) electrons. The van der Waals surface area contributed by atoms with Gasteiger partial charge < -0.3 is 10.3 Å². The highest BCUT2D eigenvalue weighted by atomic mass is 32.2. The minimum atomic E-state index is -1.93. The average molecular weight is 151 g/mol. The van der Waals surface area contributed by atoms with Gasteiger partial charge in [-0.2, -0.15) is 0 Å². The third kappa shape index (κ3) is 4.11. The summed E-state index contributed by atoms with van der Waals surface area (Å²) in [6, 6.07) is 0. The third-order valence-corrected chi connectivity index (χ3v) is 1.69. The van der Waals surface area contributed by atoms with E-state index in [4.69, 9.17) is 10.3 Å². The quantitative estimate of drug-likeness (QED) is 0.532. The van der Waals surface area contributed by atoms with Crippen LogP contribution in [-0.4, -0.2) is 19.9 Å². The first-order chi connectivity index (χ1) is 4.04. The van der Waals surface area contributed by atoms with E-state index in [1.165, 1.54) is 6.92 Å². The van der Waals surface area contributed by atoms with Crippen LogP contribution in [0.5, 0.6) is 0 Å². The van der Waals surface area contributed by atoms with Gasteiger partial charge >= 0.3 is 0 Å². The van der Waals surface area contributed by atoms with E-state index in [0.29, 0.717) is 0 Å². The van der Waals surface area contributed by atoms with Crippen LogP contribution in [0.2, 0.25) is 0 Å². The van der Waals surface area contributed by atoms with Crippen LogP contribution in [0.3, 0.4) is 0 Å². The van der Waals surface area contributed by atoms with E-state index in [-0.39, 0.29) is 6.42 Å². The van der Waals surface area contributed by atoms with Crippen molar-refractivity contribution in [2.75, 3.05) is 0 Å². The van der Waals surface area contributed by atoms with Gasteiger partial charge in [-0.3, -0.25) is 4.79 Å². The molecule has 0 heterocycles. The lowest BCUT2D eigenvalue weighted by Crippen LogP contribution is -2.20. The number of hydrogen-bond donors (Lipinski definition) is 2. The highest BCUT2D eigenvalue weighted by Crippen LogP contribution is 1.96. The van der Waals surface area contributed by atoms with Gasteiger partial charge in [-0.25, -0.2) is 4.21 Å². The molecule has 0 aromatic heterocycles. The number of carbonyl (C=O) groups excluding carboxylic acids is 1. The minimum absolute atomic E-state index is 0.0386. The topological polar surface area (TPSA) is 80.4 Å². The number of amides is 1. The predicted molar refractivity (Wildman–Crippen MR) is 34.0 cm³/mol. The van der Waals surface area contributed by atoms with Gasteiger partial charge in [0.05, 0.1) is 5.25 Å². The van der Waals surface area contributed by atoms with Gasteiger partial charge in [0, 0.05) is 6.42 Å². The number of hydrogen-bond acceptors (Lipinski definition) is 2. The molecule has 4 nitrogen and oxygen atoms in total. The van der Waals surface area contributed by atoms with E-state index >= 15 is 0 Å². The average Bonchev–Trinajstić information content (AvgIpc) is 1.63. The van der Waals surface area contributed by atoms with Crippen LogP contribution in [-0.2, 0) is 15.9 Å². The first kappa shape index (κ1) is 8.58. The van der Waals surface area contributed by atoms with Crippen LogP contribution in [0.4, 0.5) is 0 Å². The Hall–Kier alpha value is -0.420. The maximum atomic E-state index is 10.1. The van der Waals surface area contributed by atoms with E-state index in [9.17, 15) is 9.00 Å². The van der Waals surface area contributed by atoms with Gasteiger partial charge in [0.1, 0.15) is 0 Å². The van der Waals surface area contributed by atoms with Crippen molar-refractivity contribution in [3.63, 3.8) is 0 Å². The second-order valence-electron chi connectivity index (χ2n) is 1.76. The molecule has 0 aromatic rings. The summed E-state index contributed by atoms with van der Waals surface area (Å²) in [6.07, 6.45) is -0.0386. The Morgan fingerprint density at radius 1 is 1.89 bits per heavy atom. The standard InChI is InChI=1S/C4H9NO3S/c1-3(9(7)8)2-4(5)6/h3H,2H2,1H3,(H2,5,6)(H,7,8). The van der Waals surface area contributed by atoms with Gasteiger partial charge in [0.25, 0.3) is 0 Å². The number of nitrogens with two attached hydrogens (primary N) is 1. The molecule has 0 fully saturated rings. The van der Waals surface area contributed by atoms with Crippen LogP contribution in [0.1, 0.15) is 13.3 Å². The van der Waals surface area contributed by atoms with Crippen molar-refractivity contribution in [2.45, 2.75) is 18.6 Å². The summed E-state index contributed by atoms with van der Waals surface area (Å²) in [6.45, 7) is 1.49. The summed E-state index contributed by atoms with van der Waals surface area (Å²) in [5, 5.41) is -0.553. The first-order valence-electron chi connectivity index (χ1n) is 2.42. The molecular formula is C4H9NO3S. The molecule has 0 aliphatic rings. The molecule has 3 N–H and O–H groups in total. The summed E-state index contributed by atoms with van der Waals surface area (Å²) < 4.78 is 18.5. The zero-order valence-corrected chi connectivity index (χ0v) is 5.85. The Labute approximate surface area is 55.7 Å². The molecule has 0 aromatic carbocycles. The molecule has 0 bridgehead atoms. The van der Waals surface area contributed by atoms with Crippen LogP contribution in [0, 0.1) is 0 Å². The minimum Gasteiger partial charge on any atom is -0.370 e. The van der Waals surface area contributed by atoms with Crippen molar-refractivity contribution in [2.24, 2.45) is 5.73 Å². The monoisotopic (exact) mass is 151 g/mol. The summed E-state index contributed by atoms with van der Waals surface area (Å²) in [5.41, 5.74) is 4.75. The van der Waals surface area contributed by atoms with E-state index in [1.807, 2.05) is 0 Å². The fourth-order valence-electron chi connectivity index (χ4n) is 0.355. The number of primary amides is 1. The van der Waals surface area contributed by atoms with Gasteiger partial charge in [-0.1, -0.05) is 0 Å². The molecule has 0 spiro atoms. The van der Waals surface area contributed by atoms with Gasteiger partial charge in [0.2, 0.25) is 5.91 Å². The Bertz CT molecular complexity index is 136. The summed E-state index contributed by atoms with van der Waals surface area (Å²) in [5.74, 6) is -0.551. The molecule has 0 aliphatic heterocycles. The SMILES string of the molecule is CC(CC(N)=O)S(=O)O. The molecule has 0 saturated carbocycles. The Morgan fingerprint density at radius 2 is 2.33 bits per heavy atom. The lowest BCUT2D eigenvalue weighted by molar-refractivity contribution is -0.117. The first-order valence-corrected chi connectivity index (χ1v) is 3.59. The smallest absolute Gasteiger partial charge is 0.218 e. The zero-order chi connectivity index (χ0) is 7.44. The van der Waals surface area contributed by atoms with Crippen LogP contribution in [0.15, 0.2) is 0 Å². The van der Waals surface area contributed by atoms with Crippen LogP contribution in [0.25, 0.3) is 0 Å². The Morgan fingerprint density at radius 3 is 2.44 bits per heavy atom. The Balaban J connectivity index is 3.63. The zero-order valence-electron chi connectivity index (χ0n) is 5.03. The molecular weight excluding hydrogens is 142 g/mol. The van der Waals surface area contributed by atoms with Crippen molar-refractivity contribution in [3.05, 3.63) is 0 Å². The number of carbonyl (C=O) groups is 1. The van der Waals surface area contributed by atoms with Crippen molar-refractivity contribution < 1.29 is 13.6 Å². The molecule has 0 saturated heterocycles. The summed E-state index contributed by atoms with van der Waals surface area (Å²) in [7, 11) is 0. The third-order valence-electron chi connectivity index (χ3n) is 0.833. The summed E-state index contributed by atoms with van der Waals surface area (Å²) >= 11 is -1.93. The Kier molecular flexibility index (Phi) is 3.41. The second-order valence-corrected chi connectivity index (χ2v) is 3.11. The van der Waals surface area contributed by atoms with Crippen molar-refractivity contribution in [3.8, 4) is 0 Å². The fourth-order valence-corrected chi connectivity index (χ4v) is 0.661. The van der Waals surface area contributed by atoms with Gasteiger partial charge in [-0.15, -0.1) is 0 Å². The highest BCUT2D eigenvalue weighted by Gasteiger charge is 2.10. The molecule has 0 aliphatic carbocycles. The summed E-state index contributed by atoms with van der Waals surface area (Å²) in [4.78, 5) is 10.1. The number of rotatable bonds is 3. The van der Waals surface area contributed by atoms with Crippen LogP contribution < -0.4 is 5.73 Å². The molecule has 0 rings (SSSR count). The molecule has 9 heavy (non-hydrogen) atoms. The highest BCUT2D eigenvalue weighted by molar-refractivity contribution is 7.79. The maximum absolute atomic E-state index is 10.1. The molecule has 5 heteroatoms. The van der Waals surface area contributed by atoms with Crippen molar-refractivity contribution in [1.82, 2.24) is 0 Å².